The lowest BCUT2D eigenvalue weighted by molar-refractivity contribution is -0.385. The Morgan fingerprint density at radius 3 is 2.23 bits per heavy atom. The molecule has 0 saturated carbocycles. The lowest BCUT2D eigenvalue weighted by atomic mass is 9.86. The second-order valence-electron chi connectivity index (χ2n) is 8.01. The number of carbonyl (C=O) groups is 3. The van der Waals surface area contributed by atoms with Crippen molar-refractivity contribution in [3.63, 3.8) is 0 Å². The Bertz CT molecular complexity index is 1370. The number of carbonyl (C=O) groups excluding carboxylic acids is 3. The van der Waals surface area contributed by atoms with Gasteiger partial charge in [0.15, 0.2) is 0 Å². The number of nitro benzene ring substituents is 1. The fourth-order valence-corrected chi connectivity index (χ4v) is 4.69. The molecule has 0 aliphatic carbocycles. The average Bonchev–Trinajstić information content (AvgIpc) is 3.10. The molecule has 10 heteroatoms. The van der Waals surface area contributed by atoms with E-state index >= 15 is 0 Å². The van der Waals surface area contributed by atoms with Gasteiger partial charge in [-0.2, -0.15) is 0 Å². The topological polar surface area (TPSA) is 110 Å². The third-order valence-corrected chi connectivity index (χ3v) is 6.36. The molecule has 2 aliphatic heterocycles. The van der Waals surface area contributed by atoms with Crippen LogP contribution in [0.4, 0.5) is 11.4 Å². The molecule has 0 unspecified atom stereocenters. The third kappa shape index (κ3) is 3.52. The van der Waals surface area contributed by atoms with Gasteiger partial charge in [0.2, 0.25) is 0 Å². The second-order valence-corrected chi connectivity index (χ2v) is 8.45. The van der Waals surface area contributed by atoms with Gasteiger partial charge in [-0.05, 0) is 55.0 Å². The summed E-state index contributed by atoms with van der Waals surface area (Å²) < 4.78 is 5.50. The minimum Gasteiger partial charge on any atom is -0.494 e. The maximum atomic E-state index is 13.4. The number of hydrogen-bond acceptors (Lipinski definition) is 6. The molecule has 0 spiro atoms. The summed E-state index contributed by atoms with van der Waals surface area (Å²) in [4.78, 5) is 53.1. The summed E-state index contributed by atoms with van der Waals surface area (Å²) >= 11 is 6.01. The van der Waals surface area contributed by atoms with Gasteiger partial charge in [-0.3, -0.25) is 29.4 Å². The lowest BCUT2D eigenvalue weighted by Crippen LogP contribution is -2.67. The van der Waals surface area contributed by atoms with Crippen molar-refractivity contribution in [1.29, 1.82) is 0 Å². The maximum absolute atomic E-state index is 13.4. The minimum atomic E-state index is -1.17. The number of hydrogen-bond donors (Lipinski definition) is 0. The Morgan fingerprint density at radius 1 is 0.914 bits per heavy atom. The normalized spacial score (nSPS) is 19.0. The van der Waals surface area contributed by atoms with Crippen molar-refractivity contribution in [2.24, 2.45) is 0 Å². The number of rotatable bonds is 6. The molecule has 1 fully saturated rings. The summed E-state index contributed by atoms with van der Waals surface area (Å²) in [6.07, 6.45) is 0. The van der Waals surface area contributed by atoms with Gasteiger partial charge in [0.05, 0.1) is 23.1 Å². The van der Waals surface area contributed by atoms with Crippen LogP contribution in [-0.2, 0) is 4.79 Å². The van der Waals surface area contributed by atoms with E-state index in [2.05, 4.69) is 0 Å². The lowest BCUT2D eigenvalue weighted by Gasteiger charge is -2.49. The van der Waals surface area contributed by atoms with Crippen molar-refractivity contribution in [3.8, 4) is 5.75 Å². The van der Waals surface area contributed by atoms with Gasteiger partial charge in [-0.15, -0.1) is 0 Å². The number of amides is 3. The summed E-state index contributed by atoms with van der Waals surface area (Å²) in [5.41, 5.74) is 0.344. The number of nitrogens with zero attached hydrogens (tertiary/aromatic N) is 3. The predicted molar refractivity (Wildman–Crippen MR) is 127 cm³/mol. The molecular formula is C25H18ClN3O6. The van der Waals surface area contributed by atoms with Crippen molar-refractivity contribution in [3.05, 3.63) is 98.6 Å². The highest BCUT2D eigenvalue weighted by atomic mass is 35.5. The molecule has 2 heterocycles. The highest BCUT2D eigenvalue weighted by Gasteiger charge is 2.58. The van der Waals surface area contributed by atoms with E-state index in [1.165, 1.54) is 23.1 Å². The van der Waals surface area contributed by atoms with Crippen LogP contribution in [0.25, 0.3) is 0 Å². The van der Waals surface area contributed by atoms with Gasteiger partial charge in [0.25, 0.3) is 23.4 Å². The smallest absolute Gasteiger partial charge is 0.282 e. The van der Waals surface area contributed by atoms with Crippen LogP contribution < -0.4 is 9.64 Å². The maximum Gasteiger partial charge on any atom is 0.282 e. The fourth-order valence-electron chi connectivity index (χ4n) is 4.56. The summed E-state index contributed by atoms with van der Waals surface area (Å²) in [7, 11) is 0. The van der Waals surface area contributed by atoms with Crippen LogP contribution in [0.15, 0.2) is 66.7 Å². The van der Waals surface area contributed by atoms with Gasteiger partial charge >= 0.3 is 0 Å². The number of benzene rings is 3. The molecule has 0 N–H and O–H groups in total. The number of anilines is 1. The van der Waals surface area contributed by atoms with Crippen LogP contribution in [0, 0.1) is 10.1 Å². The zero-order valence-electron chi connectivity index (χ0n) is 18.4. The van der Waals surface area contributed by atoms with Gasteiger partial charge in [-0.1, -0.05) is 29.8 Å². The first-order chi connectivity index (χ1) is 16.8. The number of halogens is 1. The zero-order chi connectivity index (χ0) is 24.9. The molecule has 9 nitrogen and oxygen atoms in total. The minimum absolute atomic E-state index is 0.0904. The van der Waals surface area contributed by atoms with Crippen LogP contribution in [-0.4, -0.2) is 40.2 Å². The predicted octanol–water partition coefficient (Wildman–Crippen LogP) is 4.40. The van der Waals surface area contributed by atoms with Gasteiger partial charge in [0.1, 0.15) is 17.4 Å². The number of imide groups is 1. The highest BCUT2D eigenvalue weighted by Crippen LogP contribution is 2.45. The molecule has 3 amide bonds. The Morgan fingerprint density at radius 2 is 1.60 bits per heavy atom. The van der Waals surface area contributed by atoms with Crippen LogP contribution in [0.5, 0.6) is 5.75 Å². The number of fused-ring (bicyclic) bond motifs is 1. The second kappa shape index (κ2) is 8.52. The Balaban J connectivity index is 1.58. The molecule has 3 aromatic rings. The first kappa shape index (κ1) is 22.5. The molecule has 1 saturated heterocycles. The van der Waals surface area contributed by atoms with Crippen LogP contribution >= 0.6 is 11.6 Å². The molecule has 5 rings (SSSR count). The molecule has 176 valence electrons. The Labute approximate surface area is 204 Å². The van der Waals surface area contributed by atoms with Crippen LogP contribution in [0.1, 0.15) is 39.2 Å². The van der Waals surface area contributed by atoms with Crippen molar-refractivity contribution < 1.29 is 24.0 Å². The Hall–Kier alpha value is -4.24. The average molecular weight is 492 g/mol. The molecule has 0 bridgehead atoms. The van der Waals surface area contributed by atoms with E-state index in [-0.39, 0.29) is 11.1 Å². The monoisotopic (exact) mass is 491 g/mol. The zero-order valence-corrected chi connectivity index (χ0v) is 19.1. The molecule has 35 heavy (non-hydrogen) atoms. The van der Waals surface area contributed by atoms with E-state index in [4.69, 9.17) is 16.3 Å². The molecule has 3 aromatic carbocycles. The first-order valence-electron chi connectivity index (χ1n) is 10.8. The van der Waals surface area contributed by atoms with Crippen molar-refractivity contribution in [2.45, 2.75) is 19.0 Å². The summed E-state index contributed by atoms with van der Waals surface area (Å²) in [5.74, 6) is -1.45. The van der Waals surface area contributed by atoms with Crippen LogP contribution in [0.3, 0.4) is 0 Å². The van der Waals surface area contributed by atoms with Crippen molar-refractivity contribution in [1.82, 2.24) is 4.90 Å². The molecular weight excluding hydrogens is 474 g/mol. The van der Waals surface area contributed by atoms with E-state index in [1.807, 2.05) is 6.92 Å². The fraction of sp³-hybridized carbons (Fsp3) is 0.160. The van der Waals surface area contributed by atoms with E-state index < -0.39 is 40.4 Å². The largest absolute Gasteiger partial charge is 0.494 e. The Kier molecular flexibility index (Phi) is 5.49. The standard InChI is InChI=1S/C25H18ClN3O6/c1-2-35-17-12-6-14(7-13-17)21-22(25(32)27(21)16-10-8-15(26)9-11-16)28-23(30)18-4-3-5-19(29(33)34)20(18)24(28)31/h3-13,21-22H,2H2,1H3/t21-,22-/m0/s1. The molecule has 0 radical (unpaired) electrons. The first-order valence-corrected chi connectivity index (χ1v) is 11.2. The summed E-state index contributed by atoms with van der Waals surface area (Å²) in [6.45, 7) is 2.34. The SMILES string of the molecule is CCOc1ccc([C@H]2[C@H](N3C(=O)c4cccc([N+](=O)[O-])c4C3=O)C(=O)N2c2ccc(Cl)cc2)cc1. The molecule has 2 atom stereocenters. The quantitative estimate of drug-likeness (QED) is 0.219. The van der Waals surface area contributed by atoms with E-state index in [0.29, 0.717) is 28.6 Å². The van der Waals surface area contributed by atoms with Crippen molar-refractivity contribution >= 4 is 40.7 Å². The van der Waals surface area contributed by atoms with E-state index in [0.717, 1.165) is 4.90 Å². The number of ether oxygens (including phenoxy) is 1. The van der Waals surface area contributed by atoms with Crippen molar-refractivity contribution in [2.75, 3.05) is 11.5 Å². The van der Waals surface area contributed by atoms with E-state index in [1.54, 1.807) is 48.5 Å². The summed E-state index contributed by atoms with van der Waals surface area (Å²) in [6, 6.07) is 15.6. The molecule has 0 aromatic heterocycles. The number of β-lactam (4-membered cyclic amide) rings is 1. The van der Waals surface area contributed by atoms with Gasteiger partial charge in [0, 0.05) is 16.8 Å². The van der Waals surface area contributed by atoms with Crippen LogP contribution in [0.2, 0.25) is 5.02 Å². The highest BCUT2D eigenvalue weighted by molar-refractivity contribution is 6.30. The van der Waals surface area contributed by atoms with E-state index in [9.17, 15) is 24.5 Å². The summed E-state index contributed by atoms with van der Waals surface area (Å²) in [5, 5.41) is 12.0. The van der Waals surface area contributed by atoms with Gasteiger partial charge < -0.3 is 9.64 Å². The molecule has 2 aliphatic rings. The third-order valence-electron chi connectivity index (χ3n) is 6.10. The number of nitro groups is 1. The van der Waals surface area contributed by atoms with Gasteiger partial charge in [-0.25, -0.2) is 0 Å².